The molecule has 0 spiro atoms. The minimum Gasteiger partial charge on any atom is -0.486 e. The van der Waals surface area contributed by atoms with Gasteiger partial charge in [-0.3, -0.25) is 9.69 Å². The Morgan fingerprint density at radius 1 is 1.12 bits per heavy atom. The lowest BCUT2D eigenvalue weighted by atomic mass is 10.2. The zero-order chi connectivity index (χ0) is 16.9. The number of nitrogens with zero attached hydrogens (tertiary/aromatic N) is 2. The van der Waals surface area contributed by atoms with Gasteiger partial charge in [0.05, 0.1) is 13.1 Å². The molecule has 0 unspecified atom stereocenters. The highest BCUT2D eigenvalue weighted by Gasteiger charge is 2.15. The monoisotopic (exact) mass is 346 g/mol. The lowest BCUT2D eigenvalue weighted by molar-refractivity contribution is -0.131. The molecule has 1 aliphatic heterocycles. The van der Waals surface area contributed by atoms with E-state index in [0.717, 1.165) is 17.1 Å². The third kappa shape index (κ3) is 4.27. The third-order valence-electron chi connectivity index (χ3n) is 3.86. The molecule has 2 heterocycles. The summed E-state index contributed by atoms with van der Waals surface area (Å²) < 4.78 is 11.1. The third-order valence-corrected chi connectivity index (χ3v) is 4.72. The lowest BCUT2D eigenvalue weighted by Crippen LogP contribution is -2.35. The van der Waals surface area contributed by atoms with E-state index in [1.807, 2.05) is 54.7 Å². The molecule has 5 nitrogen and oxygen atoms in total. The lowest BCUT2D eigenvalue weighted by Gasteiger charge is -2.23. The predicted octanol–water partition coefficient (Wildman–Crippen LogP) is 2.61. The highest BCUT2D eigenvalue weighted by molar-refractivity contribution is 7.09. The molecule has 3 rings (SSSR count). The van der Waals surface area contributed by atoms with E-state index in [1.54, 1.807) is 16.2 Å². The van der Waals surface area contributed by atoms with Crippen LogP contribution in [0.2, 0.25) is 0 Å². The first-order chi connectivity index (χ1) is 11.6. The van der Waals surface area contributed by atoms with Gasteiger partial charge in [-0.1, -0.05) is 12.1 Å². The predicted molar refractivity (Wildman–Crippen MR) is 94.6 cm³/mol. The van der Waals surface area contributed by atoms with Crippen LogP contribution in [-0.2, 0) is 17.9 Å². The average molecular weight is 346 g/mol. The van der Waals surface area contributed by atoms with Crippen LogP contribution in [0.25, 0.3) is 0 Å². The van der Waals surface area contributed by atoms with Gasteiger partial charge in [0.2, 0.25) is 5.91 Å². The second-order valence-electron chi connectivity index (χ2n) is 5.98. The Kier molecular flexibility index (Phi) is 5.37. The number of carbonyl (C=O) groups excluding carboxylic acids is 1. The fourth-order valence-electron chi connectivity index (χ4n) is 2.63. The maximum absolute atomic E-state index is 12.3. The van der Waals surface area contributed by atoms with Gasteiger partial charge in [-0.2, -0.15) is 0 Å². The van der Waals surface area contributed by atoms with E-state index in [1.165, 1.54) is 4.88 Å². The first kappa shape index (κ1) is 16.8. The Bertz CT molecular complexity index is 688. The van der Waals surface area contributed by atoms with Crippen molar-refractivity contribution in [2.75, 3.05) is 33.9 Å². The van der Waals surface area contributed by atoms with Crippen LogP contribution in [0.3, 0.4) is 0 Å². The Labute approximate surface area is 146 Å². The summed E-state index contributed by atoms with van der Waals surface area (Å²) in [5.41, 5.74) is 1.11. The molecule has 1 aromatic heterocycles. The van der Waals surface area contributed by atoms with Gasteiger partial charge in [-0.05, 0) is 36.2 Å². The molecule has 0 saturated heterocycles. The Balaban J connectivity index is 1.53. The number of hydrogen-bond acceptors (Lipinski definition) is 5. The van der Waals surface area contributed by atoms with Crippen molar-refractivity contribution in [1.82, 2.24) is 9.80 Å². The minimum atomic E-state index is 0.114. The van der Waals surface area contributed by atoms with Gasteiger partial charge in [0, 0.05) is 18.5 Å². The van der Waals surface area contributed by atoms with Crippen LogP contribution >= 0.6 is 11.3 Å². The first-order valence-electron chi connectivity index (χ1n) is 7.95. The molecule has 0 bridgehead atoms. The number of ether oxygens (including phenoxy) is 2. The van der Waals surface area contributed by atoms with E-state index in [4.69, 9.17) is 9.47 Å². The maximum Gasteiger partial charge on any atom is 0.236 e. The fourth-order valence-corrected chi connectivity index (χ4v) is 3.39. The highest BCUT2D eigenvalue weighted by atomic mass is 32.1. The molecule has 1 aliphatic rings. The molecule has 0 aliphatic carbocycles. The van der Waals surface area contributed by atoms with Crippen LogP contribution in [0.1, 0.15) is 10.4 Å². The quantitative estimate of drug-likeness (QED) is 0.806. The Hall–Kier alpha value is -2.05. The van der Waals surface area contributed by atoms with Crippen molar-refractivity contribution in [1.29, 1.82) is 0 Å². The van der Waals surface area contributed by atoms with Gasteiger partial charge in [0.15, 0.2) is 11.5 Å². The molecule has 6 heteroatoms. The Morgan fingerprint density at radius 3 is 2.67 bits per heavy atom. The van der Waals surface area contributed by atoms with E-state index in [9.17, 15) is 4.79 Å². The summed E-state index contributed by atoms with van der Waals surface area (Å²) in [4.78, 5) is 17.3. The molecule has 0 atom stereocenters. The smallest absolute Gasteiger partial charge is 0.236 e. The van der Waals surface area contributed by atoms with Crippen molar-refractivity contribution in [3.63, 3.8) is 0 Å². The zero-order valence-electron chi connectivity index (χ0n) is 14.0. The molecular weight excluding hydrogens is 324 g/mol. The van der Waals surface area contributed by atoms with Gasteiger partial charge >= 0.3 is 0 Å². The molecule has 0 radical (unpaired) electrons. The number of hydrogen-bond donors (Lipinski definition) is 0. The van der Waals surface area contributed by atoms with Gasteiger partial charge in [0.25, 0.3) is 0 Å². The van der Waals surface area contributed by atoms with Gasteiger partial charge < -0.3 is 14.4 Å². The number of thiophene rings is 1. The van der Waals surface area contributed by atoms with Crippen LogP contribution in [-0.4, -0.2) is 49.6 Å². The molecule has 2 aromatic rings. The number of carbonyl (C=O) groups is 1. The van der Waals surface area contributed by atoms with E-state index in [2.05, 4.69) is 0 Å². The van der Waals surface area contributed by atoms with Crippen LogP contribution in [0, 0.1) is 0 Å². The summed E-state index contributed by atoms with van der Waals surface area (Å²) in [6, 6.07) is 10.00. The maximum atomic E-state index is 12.3. The second kappa shape index (κ2) is 7.68. The average Bonchev–Trinajstić information content (AvgIpc) is 3.07. The van der Waals surface area contributed by atoms with Crippen molar-refractivity contribution in [3.05, 3.63) is 46.2 Å². The summed E-state index contributed by atoms with van der Waals surface area (Å²) in [5.74, 6) is 1.69. The SMILES string of the molecule is CN(CC(=O)N(C)Cc1cccs1)Cc1ccc2c(c1)OCCO2. The molecule has 0 N–H and O–H groups in total. The minimum absolute atomic E-state index is 0.114. The summed E-state index contributed by atoms with van der Waals surface area (Å²) >= 11 is 1.67. The molecule has 128 valence electrons. The van der Waals surface area contributed by atoms with Gasteiger partial charge in [-0.25, -0.2) is 0 Å². The summed E-state index contributed by atoms with van der Waals surface area (Å²) in [7, 11) is 3.80. The van der Waals surface area contributed by atoms with Crippen LogP contribution in [0.5, 0.6) is 11.5 Å². The van der Waals surface area contributed by atoms with Crippen LogP contribution in [0.15, 0.2) is 35.7 Å². The zero-order valence-corrected chi connectivity index (χ0v) is 14.8. The number of likely N-dealkylation sites (N-methyl/N-ethyl adjacent to an activating group) is 2. The fraction of sp³-hybridized carbons (Fsp3) is 0.389. The van der Waals surface area contributed by atoms with E-state index < -0.39 is 0 Å². The van der Waals surface area contributed by atoms with Crippen molar-refractivity contribution < 1.29 is 14.3 Å². The Morgan fingerprint density at radius 2 is 1.92 bits per heavy atom. The molecule has 1 aromatic carbocycles. The van der Waals surface area contributed by atoms with Crippen molar-refractivity contribution >= 4 is 17.2 Å². The van der Waals surface area contributed by atoms with Crippen LogP contribution < -0.4 is 9.47 Å². The number of rotatable bonds is 6. The molecule has 0 saturated carbocycles. The van der Waals surface area contributed by atoms with E-state index in [-0.39, 0.29) is 5.91 Å². The van der Waals surface area contributed by atoms with Gasteiger partial charge in [-0.15, -0.1) is 11.3 Å². The number of amides is 1. The largest absolute Gasteiger partial charge is 0.486 e. The molecular formula is C18H22N2O3S. The van der Waals surface area contributed by atoms with E-state index >= 15 is 0 Å². The summed E-state index contributed by atoms with van der Waals surface area (Å²) in [6.07, 6.45) is 0. The highest BCUT2D eigenvalue weighted by Crippen LogP contribution is 2.31. The molecule has 24 heavy (non-hydrogen) atoms. The summed E-state index contributed by atoms with van der Waals surface area (Å²) in [5, 5.41) is 2.03. The summed E-state index contributed by atoms with van der Waals surface area (Å²) in [6.45, 7) is 2.91. The van der Waals surface area contributed by atoms with E-state index in [0.29, 0.717) is 32.8 Å². The number of benzene rings is 1. The van der Waals surface area contributed by atoms with Crippen molar-refractivity contribution in [2.45, 2.75) is 13.1 Å². The standard InChI is InChI=1S/C18H22N2O3S/c1-19(13-18(21)20(2)12-15-4-3-9-24-15)11-14-5-6-16-17(10-14)23-8-7-22-16/h3-6,9-10H,7-8,11-13H2,1-2H3. The molecule has 0 fully saturated rings. The second-order valence-corrected chi connectivity index (χ2v) is 7.01. The molecule has 1 amide bonds. The van der Waals surface area contributed by atoms with Crippen LogP contribution in [0.4, 0.5) is 0 Å². The van der Waals surface area contributed by atoms with Crippen molar-refractivity contribution in [2.24, 2.45) is 0 Å². The first-order valence-corrected chi connectivity index (χ1v) is 8.83. The number of fused-ring (bicyclic) bond motifs is 1. The topological polar surface area (TPSA) is 42.0 Å². The van der Waals surface area contributed by atoms with Gasteiger partial charge in [0.1, 0.15) is 13.2 Å². The normalized spacial score (nSPS) is 13.1. The van der Waals surface area contributed by atoms with Crippen molar-refractivity contribution in [3.8, 4) is 11.5 Å².